The van der Waals surface area contributed by atoms with Gasteiger partial charge in [-0.25, -0.2) is 8.78 Å². The first-order valence-corrected chi connectivity index (χ1v) is 7.60. The molecule has 0 saturated carbocycles. The predicted molar refractivity (Wildman–Crippen MR) is 78.9 cm³/mol. The summed E-state index contributed by atoms with van der Waals surface area (Å²) in [5.74, 6) is -2.72. The van der Waals surface area contributed by atoms with Gasteiger partial charge in [0.2, 0.25) is 0 Å². The first-order valence-electron chi connectivity index (χ1n) is 6.72. The summed E-state index contributed by atoms with van der Waals surface area (Å²) in [6.45, 7) is 0.248. The number of ether oxygens (including phenoxy) is 1. The van der Waals surface area contributed by atoms with Gasteiger partial charge in [-0.3, -0.25) is 9.59 Å². The van der Waals surface area contributed by atoms with E-state index >= 15 is 0 Å². The molecule has 0 saturated heterocycles. The predicted octanol–water partition coefficient (Wildman–Crippen LogP) is 3.78. The molecule has 22 heavy (non-hydrogen) atoms. The first kappa shape index (κ1) is 16.3. The Kier molecular flexibility index (Phi) is 5.77. The van der Waals surface area contributed by atoms with Gasteiger partial charge in [-0.15, -0.1) is 11.3 Å². The number of carbonyl (C=O) groups is 2. The maximum atomic E-state index is 13.4. The molecule has 0 atom stereocenters. The summed E-state index contributed by atoms with van der Waals surface area (Å²) < 4.78 is 31.2. The van der Waals surface area contributed by atoms with Crippen molar-refractivity contribution in [2.24, 2.45) is 0 Å². The number of thiophene rings is 1. The fraction of sp³-hybridized carbons (Fsp3) is 0.250. The number of hydrogen-bond acceptors (Lipinski definition) is 4. The van der Waals surface area contributed by atoms with Crippen molar-refractivity contribution < 1.29 is 23.1 Å². The monoisotopic (exact) mass is 324 g/mol. The van der Waals surface area contributed by atoms with E-state index in [9.17, 15) is 18.4 Å². The number of esters is 1. The number of hydrogen-bond donors (Lipinski definition) is 0. The lowest BCUT2D eigenvalue weighted by Crippen LogP contribution is -2.11. The van der Waals surface area contributed by atoms with E-state index in [1.165, 1.54) is 0 Å². The molecule has 2 aromatic rings. The van der Waals surface area contributed by atoms with Crippen LogP contribution in [0.4, 0.5) is 8.78 Å². The SMILES string of the molecule is O=C(CCC(=O)c1ccc(F)cc1F)OCCc1cccs1. The molecular formula is C16H14F2O3S. The second-order valence-corrected chi connectivity index (χ2v) is 5.63. The highest BCUT2D eigenvalue weighted by atomic mass is 32.1. The maximum Gasteiger partial charge on any atom is 0.306 e. The number of carbonyl (C=O) groups excluding carboxylic acids is 2. The zero-order chi connectivity index (χ0) is 15.9. The van der Waals surface area contributed by atoms with Gasteiger partial charge in [0.05, 0.1) is 18.6 Å². The molecule has 6 heteroatoms. The molecule has 0 fully saturated rings. The topological polar surface area (TPSA) is 43.4 Å². The van der Waals surface area contributed by atoms with E-state index < -0.39 is 23.4 Å². The number of rotatable bonds is 7. The Morgan fingerprint density at radius 3 is 2.64 bits per heavy atom. The van der Waals surface area contributed by atoms with Crippen molar-refractivity contribution in [3.63, 3.8) is 0 Å². The standard InChI is InChI=1S/C16H14F2O3S/c17-11-3-4-13(14(18)10-11)15(19)5-6-16(20)21-8-7-12-2-1-9-22-12/h1-4,9-10H,5-8H2. The lowest BCUT2D eigenvalue weighted by atomic mass is 10.1. The summed E-state index contributed by atoms with van der Waals surface area (Å²) in [6.07, 6.45) is 0.338. The summed E-state index contributed by atoms with van der Waals surface area (Å²) in [5.41, 5.74) is -0.215. The zero-order valence-corrected chi connectivity index (χ0v) is 12.5. The van der Waals surface area contributed by atoms with Crippen molar-refractivity contribution in [3.05, 3.63) is 57.8 Å². The molecule has 0 aliphatic carbocycles. The van der Waals surface area contributed by atoms with Crippen molar-refractivity contribution in [1.29, 1.82) is 0 Å². The van der Waals surface area contributed by atoms with Crippen LogP contribution in [0.3, 0.4) is 0 Å². The molecule has 1 aromatic heterocycles. The van der Waals surface area contributed by atoms with Crippen LogP contribution in [-0.4, -0.2) is 18.4 Å². The normalized spacial score (nSPS) is 10.5. The molecule has 1 heterocycles. The van der Waals surface area contributed by atoms with Crippen LogP contribution in [0.2, 0.25) is 0 Å². The number of Topliss-reactive ketones (excluding diaryl/α,β-unsaturated/α-hetero) is 1. The molecule has 0 unspecified atom stereocenters. The molecule has 0 amide bonds. The second kappa shape index (κ2) is 7.79. The van der Waals surface area contributed by atoms with Gasteiger partial charge in [0.25, 0.3) is 0 Å². The average molecular weight is 324 g/mol. The van der Waals surface area contributed by atoms with E-state index in [1.807, 2.05) is 17.5 Å². The molecule has 2 rings (SSSR count). The minimum atomic E-state index is -0.920. The van der Waals surface area contributed by atoms with Crippen LogP contribution in [0, 0.1) is 11.6 Å². The minimum Gasteiger partial charge on any atom is -0.465 e. The summed E-state index contributed by atoms with van der Waals surface area (Å²) in [6, 6.07) is 6.59. The molecule has 1 aromatic carbocycles. The Balaban J connectivity index is 1.74. The fourth-order valence-corrected chi connectivity index (χ4v) is 2.55. The summed E-state index contributed by atoms with van der Waals surface area (Å²) in [7, 11) is 0. The van der Waals surface area contributed by atoms with Crippen LogP contribution in [0.15, 0.2) is 35.7 Å². The Morgan fingerprint density at radius 1 is 1.14 bits per heavy atom. The van der Waals surface area contributed by atoms with Gasteiger partial charge in [-0.2, -0.15) is 0 Å². The van der Waals surface area contributed by atoms with Crippen LogP contribution in [0.25, 0.3) is 0 Å². The Bertz CT molecular complexity index is 653. The molecule has 3 nitrogen and oxygen atoms in total. The van der Waals surface area contributed by atoms with Crippen LogP contribution in [-0.2, 0) is 16.0 Å². The highest BCUT2D eigenvalue weighted by Gasteiger charge is 2.14. The highest BCUT2D eigenvalue weighted by Crippen LogP contribution is 2.13. The van der Waals surface area contributed by atoms with E-state index in [4.69, 9.17) is 4.74 Å². The Labute approximate surface area is 130 Å². The maximum absolute atomic E-state index is 13.4. The average Bonchev–Trinajstić information content (AvgIpc) is 2.98. The van der Waals surface area contributed by atoms with E-state index in [1.54, 1.807) is 11.3 Å². The van der Waals surface area contributed by atoms with Crippen molar-refractivity contribution in [3.8, 4) is 0 Å². The highest BCUT2D eigenvalue weighted by molar-refractivity contribution is 7.09. The van der Waals surface area contributed by atoms with E-state index in [-0.39, 0.29) is 25.0 Å². The largest absolute Gasteiger partial charge is 0.465 e. The molecule has 0 aliphatic rings. The third-order valence-electron chi connectivity index (χ3n) is 2.98. The number of halogens is 2. The van der Waals surface area contributed by atoms with Gasteiger partial charge < -0.3 is 4.74 Å². The van der Waals surface area contributed by atoms with Gasteiger partial charge in [0.15, 0.2) is 5.78 Å². The fourth-order valence-electron chi connectivity index (χ4n) is 1.86. The van der Waals surface area contributed by atoms with Crippen LogP contribution in [0.1, 0.15) is 28.1 Å². The zero-order valence-electron chi connectivity index (χ0n) is 11.7. The van der Waals surface area contributed by atoms with Crippen molar-refractivity contribution >= 4 is 23.1 Å². The van der Waals surface area contributed by atoms with Gasteiger partial charge in [-0.05, 0) is 23.6 Å². The van der Waals surface area contributed by atoms with E-state index in [0.717, 1.165) is 17.0 Å². The quantitative estimate of drug-likeness (QED) is 0.575. The van der Waals surface area contributed by atoms with Crippen molar-refractivity contribution in [1.82, 2.24) is 0 Å². The van der Waals surface area contributed by atoms with E-state index in [0.29, 0.717) is 12.5 Å². The molecule has 0 aliphatic heterocycles. The summed E-state index contributed by atoms with van der Waals surface area (Å²) >= 11 is 1.58. The van der Waals surface area contributed by atoms with Gasteiger partial charge in [0.1, 0.15) is 11.6 Å². The molecule has 0 spiro atoms. The minimum absolute atomic E-state index is 0.125. The lowest BCUT2D eigenvalue weighted by molar-refractivity contribution is -0.143. The summed E-state index contributed by atoms with van der Waals surface area (Å²) in [4.78, 5) is 24.4. The number of benzene rings is 1. The van der Waals surface area contributed by atoms with Crippen molar-refractivity contribution in [2.45, 2.75) is 19.3 Å². The smallest absolute Gasteiger partial charge is 0.306 e. The molecule has 0 bridgehead atoms. The first-order chi connectivity index (χ1) is 10.6. The molecule has 0 radical (unpaired) electrons. The van der Waals surface area contributed by atoms with Crippen LogP contribution >= 0.6 is 11.3 Å². The third kappa shape index (κ3) is 4.73. The van der Waals surface area contributed by atoms with Crippen LogP contribution in [0.5, 0.6) is 0 Å². The molecular weight excluding hydrogens is 310 g/mol. The van der Waals surface area contributed by atoms with Gasteiger partial charge in [0, 0.05) is 23.8 Å². The summed E-state index contributed by atoms with van der Waals surface area (Å²) in [5, 5.41) is 1.94. The van der Waals surface area contributed by atoms with Crippen molar-refractivity contribution in [2.75, 3.05) is 6.61 Å². The Hall–Kier alpha value is -2.08. The van der Waals surface area contributed by atoms with Gasteiger partial charge in [-0.1, -0.05) is 6.07 Å². The molecule has 116 valence electrons. The lowest BCUT2D eigenvalue weighted by Gasteiger charge is -2.04. The number of ketones is 1. The molecule has 0 N–H and O–H groups in total. The van der Waals surface area contributed by atoms with Crippen LogP contribution < -0.4 is 0 Å². The van der Waals surface area contributed by atoms with Gasteiger partial charge >= 0.3 is 5.97 Å². The van der Waals surface area contributed by atoms with E-state index in [2.05, 4.69) is 0 Å². The Morgan fingerprint density at radius 2 is 1.95 bits per heavy atom. The second-order valence-electron chi connectivity index (χ2n) is 4.60. The third-order valence-corrected chi connectivity index (χ3v) is 3.92.